The van der Waals surface area contributed by atoms with Gasteiger partial charge >= 0.3 is 0 Å². The average Bonchev–Trinajstić information content (AvgIpc) is 2.76. The van der Waals surface area contributed by atoms with Crippen LogP contribution in [0, 0.1) is 27.7 Å². The lowest BCUT2D eigenvalue weighted by Gasteiger charge is -2.20. The third kappa shape index (κ3) is 4.40. The van der Waals surface area contributed by atoms with Gasteiger partial charge in [-0.15, -0.1) is 12.4 Å². The molecule has 1 N–H and O–H groups in total. The number of hydrogen-bond acceptors (Lipinski definition) is 5. The third-order valence-corrected chi connectivity index (χ3v) is 4.62. The third-order valence-electron chi connectivity index (χ3n) is 4.62. The smallest absolute Gasteiger partial charge is 0.251 e. The summed E-state index contributed by atoms with van der Waals surface area (Å²) in [7, 11) is 0. The first-order chi connectivity index (χ1) is 12.0. The lowest BCUT2D eigenvalue weighted by atomic mass is 10.1. The van der Waals surface area contributed by atoms with Crippen LogP contribution >= 0.6 is 12.4 Å². The van der Waals surface area contributed by atoms with Gasteiger partial charge in [0, 0.05) is 42.3 Å². The van der Waals surface area contributed by atoms with Crippen LogP contribution < -0.4 is 5.32 Å². The molecule has 8 heteroatoms. The topological polar surface area (TPSA) is 75.9 Å². The monoisotopic (exact) mass is 378 g/mol. The zero-order chi connectivity index (χ0) is 18.0. The second kappa shape index (κ2) is 8.60. The number of carbonyl (C=O) groups is 1. The van der Waals surface area contributed by atoms with Gasteiger partial charge in [0.15, 0.2) is 0 Å². The van der Waals surface area contributed by atoms with Crippen LogP contribution in [0.4, 0.5) is 0 Å². The first-order valence-corrected chi connectivity index (χ1v) is 8.82. The van der Waals surface area contributed by atoms with Crippen molar-refractivity contribution in [1.82, 2.24) is 30.0 Å². The second-order valence-electron chi connectivity index (χ2n) is 6.67. The van der Waals surface area contributed by atoms with E-state index in [1.807, 2.05) is 38.7 Å². The highest BCUT2D eigenvalue weighted by atomic mass is 35.5. The highest BCUT2D eigenvalue weighted by Gasteiger charge is 2.21. The largest absolute Gasteiger partial charge is 0.341 e. The molecule has 1 fully saturated rings. The number of hydrogen-bond donors (Lipinski definition) is 1. The number of aromatic nitrogens is 4. The molecule has 2 aromatic rings. The van der Waals surface area contributed by atoms with Crippen molar-refractivity contribution < 1.29 is 4.79 Å². The molecule has 2 aromatic heterocycles. The summed E-state index contributed by atoms with van der Waals surface area (Å²) in [5, 5.41) is 7.92. The molecule has 0 unspecified atom stereocenters. The Morgan fingerprint density at radius 3 is 2.50 bits per heavy atom. The molecule has 0 saturated carbocycles. The Hall–Kier alpha value is -1.99. The highest BCUT2D eigenvalue weighted by molar-refractivity contribution is 5.85. The average molecular weight is 379 g/mol. The minimum atomic E-state index is 0. The highest BCUT2D eigenvalue weighted by Crippen LogP contribution is 2.18. The lowest BCUT2D eigenvalue weighted by Crippen LogP contribution is -2.35. The second-order valence-corrected chi connectivity index (χ2v) is 6.67. The van der Waals surface area contributed by atoms with Crippen molar-refractivity contribution >= 4 is 18.3 Å². The standard InChI is InChI=1S/C18H26N6O.ClH/c1-12-10-13(2)21-18(20-12)24-15(4)16(14(3)22-24)11-17(25)23-8-5-6-19-7-9-23;/h10,19H,5-9,11H2,1-4H3;1H. The molecule has 3 heterocycles. The summed E-state index contributed by atoms with van der Waals surface area (Å²) >= 11 is 0. The molecule has 142 valence electrons. The number of nitrogens with one attached hydrogen (secondary N) is 1. The minimum absolute atomic E-state index is 0. The first-order valence-electron chi connectivity index (χ1n) is 8.82. The summed E-state index contributed by atoms with van der Waals surface area (Å²) in [4.78, 5) is 23.6. The van der Waals surface area contributed by atoms with Crippen molar-refractivity contribution in [2.24, 2.45) is 0 Å². The molecule has 0 aromatic carbocycles. The van der Waals surface area contributed by atoms with E-state index in [9.17, 15) is 4.79 Å². The van der Waals surface area contributed by atoms with Gasteiger partial charge in [-0.1, -0.05) is 0 Å². The van der Waals surface area contributed by atoms with Crippen molar-refractivity contribution in [2.75, 3.05) is 26.2 Å². The fraction of sp³-hybridized carbons (Fsp3) is 0.556. The molecule has 7 nitrogen and oxygen atoms in total. The number of halogens is 1. The minimum Gasteiger partial charge on any atom is -0.341 e. The van der Waals surface area contributed by atoms with E-state index in [4.69, 9.17) is 0 Å². The number of aryl methyl sites for hydroxylation is 3. The molecule has 1 saturated heterocycles. The van der Waals surface area contributed by atoms with Crippen LogP contribution in [-0.4, -0.2) is 56.7 Å². The molecular formula is C18H27ClN6O. The van der Waals surface area contributed by atoms with E-state index >= 15 is 0 Å². The predicted molar refractivity (Wildman–Crippen MR) is 103 cm³/mol. The van der Waals surface area contributed by atoms with Gasteiger partial charge in [0.05, 0.1) is 12.1 Å². The van der Waals surface area contributed by atoms with Crippen LogP contribution in [0.15, 0.2) is 6.07 Å². The van der Waals surface area contributed by atoms with E-state index in [-0.39, 0.29) is 18.3 Å². The van der Waals surface area contributed by atoms with E-state index in [1.165, 1.54) is 0 Å². The molecule has 0 radical (unpaired) electrons. The van der Waals surface area contributed by atoms with E-state index in [2.05, 4.69) is 20.4 Å². The quantitative estimate of drug-likeness (QED) is 0.879. The number of amides is 1. The molecule has 1 amide bonds. The maximum absolute atomic E-state index is 12.7. The molecule has 3 rings (SSSR count). The molecule has 1 aliphatic rings. The van der Waals surface area contributed by atoms with Gasteiger partial charge in [0.1, 0.15) is 0 Å². The van der Waals surface area contributed by atoms with Gasteiger partial charge in [-0.25, -0.2) is 14.6 Å². The summed E-state index contributed by atoms with van der Waals surface area (Å²) < 4.78 is 1.75. The van der Waals surface area contributed by atoms with Gasteiger partial charge in [-0.3, -0.25) is 4.79 Å². The molecular weight excluding hydrogens is 352 g/mol. The molecule has 1 aliphatic heterocycles. The van der Waals surface area contributed by atoms with Crippen molar-refractivity contribution in [3.8, 4) is 5.95 Å². The van der Waals surface area contributed by atoms with Crippen LogP contribution in [0.2, 0.25) is 0 Å². The molecule has 0 atom stereocenters. The zero-order valence-corrected chi connectivity index (χ0v) is 16.7. The van der Waals surface area contributed by atoms with Gasteiger partial charge in [-0.05, 0) is 46.7 Å². The summed E-state index contributed by atoms with van der Waals surface area (Å²) in [5.74, 6) is 0.728. The number of nitrogens with zero attached hydrogens (tertiary/aromatic N) is 5. The first kappa shape index (κ1) is 20.3. The fourth-order valence-corrected chi connectivity index (χ4v) is 3.29. The Morgan fingerprint density at radius 1 is 1.12 bits per heavy atom. The van der Waals surface area contributed by atoms with Crippen LogP contribution in [0.25, 0.3) is 5.95 Å². The van der Waals surface area contributed by atoms with Crippen molar-refractivity contribution in [3.05, 3.63) is 34.4 Å². The Morgan fingerprint density at radius 2 is 1.81 bits per heavy atom. The van der Waals surface area contributed by atoms with Gasteiger partial charge < -0.3 is 10.2 Å². The molecule has 0 aliphatic carbocycles. The summed E-state index contributed by atoms with van der Waals surface area (Å²) in [5.41, 5.74) is 4.59. The van der Waals surface area contributed by atoms with Gasteiger partial charge in [0.2, 0.25) is 5.91 Å². The Labute approximate surface area is 160 Å². The van der Waals surface area contributed by atoms with E-state index in [0.717, 1.165) is 60.9 Å². The Bertz CT molecular complexity index is 760. The summed E-state index contributed by atoms with van der Waals surface area (Å²) in [6.45, 7) is 11.2. The number of carbonyl (C=O) groups excluding carboxylic acids is 1. The fourth-order valence-electron chi connectivity index (χ4n) is 3.29. The van der Waals surface area contributed by atoms with Crippen molar-refractivity contribution in [3.63, 3.8) is 0 Å². The predicted octanol–water partition coefficient (Wildman–Crippen LogP) is 1.68. The van der Waals surface area contributed by atoms with Gasteiger partial charge in [0.25, 0.3) is 5.95 Å². The lowest BCUT2D eigenvalue weighted by molar-refractivity contribution is -0.130. The maximum atomic E-state index is 12.7. The maximum Gasteiger partial charge on any atom is 0.251 e. The van der Waals surface area contributed by atoms with E-state index < -0.39 is 0 Å². The van der Waals surface area contributed by atoms with Crippen LogP contribution in [0.1, 0.15) is 34.8 Å². The molecule has 0 spiro atoms. The van der Waals surface area contributed by atoms with Crippen LogP contribution in [0.5, 0.6) is 0 Å². The SMILES string of the molecule is Cc1cc(C)nc(-n2nc(C)c(CC(=O)N3CCCNCC3)c2C)n1.Cl. The molecule has 26 heavy (non-hydrogen) atoms. The van der Waals surface area contributed by atoms with E-state index in [1.54, 1.807) is 4.68 Å². The normalized spacial score (nSPS) is 14.7. The summed E-state index contributed by atoms with van der Waals surface area (Å²) in [6.07, 6.45) is 1.38. The molecule has 0 bridgehead atoms. The Balaban J connectivity index is 0.00000243. The van der Waals surface area contributed by atoms with E-state index in [0.29, 0.717) is 12.4 Å². The Kier molecular flexibility index (Phi) is 6.72. The number of rotatable bonds is 3. The van der Waals surface area contributed by atoms with Crippen LogP contribution in [-0.2, 0) is 11.2 Å². The van der Waals surface area contributed by atoms with Crippen molar-refractivity contribution in [2.45, 2.75) is 40.5 Å². The zero-order valence-electron chi connectivity index (χ0n) is 15.9. The summed E-state index contributed by atoms with van der Waals surface area (Å²) in [6, 6.07) is 1.94. The van der Waals surface area contributed by atoms with Crippen molar-refractivity contribution in [1.29, 1.82) is 0 Å². The van der Waals surface area contributed by atoms with Gasteiger partial charge in [-0.2, -0.15) is 5.10 Å². The van der Waals surface area contributed by atoms with Crippen LogP contribution in [0.3, 0.4) is 0 Å².